The van der Waals surface area contributed by atoms with Crippen LogP contribution < -0.4 is 0 Å². The lowest BCUT2D eigenvalue weighted by atomic mass is 10.2. The molecular weight excluding hydrogens is 350 g/mol. The summed E-state index contributed by atoms with van der Waals surface area (Å²) in [6, 6.07) is 15.1. The van der Waals surface area contributed by atoms with Crippen molar-refractivity contribution in [2.45, 2.75) is 13.2 Å². The fourth-order valence-corrected chi connectivity index (χ4v) is 3.23. The van der Waals surface area contributed by atoms with Crippen LogP contribution in [0.25, 0.3) is 10.6 Å². The summed E-state index contributed by atoms with van der Waals surface area (Å²) < 4.78 is 12.5. The summed E-state index contributed by atoms with van der Waals surface area (Å²) in [5.74, 6) is 0.303. The minimum atomic E-state index is -0.508. The van der Waals surface area contributed by atoms with Gasteiger partial charge < -0.3 is 9.15 Å². The Labute approximate surface area is 153 Å². The van der Waals surface area contributed by atoms with Gasteiger partial charge in [0, 0.05) is 23.3 Å². The zero-order chi connectivity index (χ0) is 17.8. The topological polar surface area (TPSA) is 70.2 Å². The van der Waals surface area contributed by atoms with E-state index in [1.54, 1.807) is 23.0 Å². The normalized spacial score (nSPS) is 10.8. The maximum Gasteiger partial charge on any atom is 0.374 e. The predicted molar refractivity (Wildman–Crippen MR) is 96.7 cm³/mol. The highest BCUT2D eigenvalue weighted by molar-refractivity contribution is 7.13. The van der Waals surface area contributed by atoms with Gasteiger partial charge in [0.15, 0.2) is 0 Å². The molecule has 0 radical (unpaired) electrons. The van der Waals surface area contributed by atoms with Crippen LogP contribution in [0.4, 0.5) is 0 Å². The molecule has 0 saturated carbocycles. The standard InChI is InChI=1S/C19H15N3O3S/c23-19(17-8-7-16(25-17)11-22-10-4-9-20-22)24-12-15-13-26-18(21-15)14-5-2-1-3-6-14/h1-10,13H,11-12H2. The average molecular weight is 365 g/mol. The monoisotopic (exact) mass is 365 g/mol. The first-order valence-corrected chi connectivity index (χ1v) is 8.89. The SMILES string of the molecule is O=C(OCc1csc(-c2ccccc2)n1)c1ccc(Cn2cccn2)o1. The van der Waals surface area contributed by atoms with E-state index in [4.69, 9.17) is 9.15 Å². The minimum Gasteiger partial charge on any atom is -0.453 e. The molecular formula is C19H15N3O3S. The maximum absolute atomic E-state index is 12.1. The first kappa shape index (κ1) is 16.3. The van der Waals surface area contributed by atoms with Gasteiger partial charge >= 0.3 is 5.97 Å². The third-order valence-corrected chi connectivity index (χ3v) is 4.60. The molecule has 0 bridgehead atoms. The minimum absolute atomic E-state index is 0.108. The Balaban J connectivity index is 1.36. The Bertz CT molecular complexity index is 990. The van der Waals surface area contributed by atoms with Crippen molar-refractivity contribution in [2.75, 3.05) is 0 Å². The van der Waals surface area contributed by atoms with E-state index in [1.807, 2.05) is 48.0 Å². The van der Waals surface area contributed by atoms with Gasteiger partial charge in [-0.1, -0.05) is 30.3 Å². The molecule has 0 saturated heterocycles. The van der Waals surface area contributed by atoms with Crippen molar-refractivity contribution in [1.29, 1.82) is 0 Å². The molecule has 6 nitrogen and oxygen atoms in total. The van der Waals surface area contributed by atoms with Gasteiger partial charge in [0.2, 0.25) is 5.76 Å². The van der Waals surface area contributed by atoms with E-state index in [9.17, 15) is 4.79 Å². The van der Waals surface area contributed by atoms with Crippen molar-refractivity contribution in [3.8, 4) is 10.6 Å². The van der Waals surface area contributed by atoms with E-state index in [1.165, 1.54) is 11.3 Å². The molecule has 0 amide bonds. The van der Waals surface area contributed by atoms with Crippen LogP contribution in [0.3, 0.4) is 0 Å². The van der Waals surface area contributed by atoms with Crippen LogP contribution in [0.2, 0.25) is 0 Å². The Kier molecular flexibility index (Phi) is 4.61. The largest absolute Gasteiger partial charge is 0.453 e. The lowest BCUT2D eigenvalue weighted by Gasteiger charge is -2.01. The second kappa shape index (κ2) is 7.37. The summed E-state index contributed by atoms with van der Waals surface area (Å²) in [6.45, 7) is 0.574. The van der Waals surface area contributed by atoms with Crippen LogP contribution in [0.1, 0.15) is 22.0 Å². The lowest BCUT2D eigenvalue weighted by Crippen LogP contribution is -2.04. The van der Waals surface area contributed by atoms with Gasteiger partial charge in [-0.25, -0.2) is 9.78 Å². The number of esters is 1. The van der Waals surface area contributed by atoms with Gasteiger partial charge in [-0.15, -0.1) is 11.3 Å². The van der Waals surface area contributed by atoms with E-state index in [2.05, 4.69) is 10.1 Å². The number of ether oxygens (including phenoxy) is 1. The van der Waals surface area contributed by atoms with Crippen molar-refractivity contribution >= 4 is 17.3 Å². The molecule has 1 aromatic carbocycles. The van der Waals surface area contributed by atoms with Gasteiger partial charge in [-0.05, 0) is 18.2 Å². The van der Waals surface area contributed by atoms with Crippen LogP contribution in [0.5, 0.6) is 0 Å². The molecule has 130 valence electrons. The molecule has 4 aromatic rings. The van der Waals surface area contributed by atoms with Crippen molar-refractivity contribution in [1.82, 2.24) is 14.8 Å². The number of carbonyl (C=O) groups excluding carboxylic acids is 1. The quantitative estimate of drug-likeness (QED) is 0.483. The van der Waals surface area contributed by atoms with E-state index in [-0.39, 0.29) is 12.4 Å². The summed E-state index contributed by atoms with van der Waals surface area (Å²) in [7, 11) is 0. The van der Waals surface area contributed by atoms with Gasteiger partial charge in [-0.2, -0.15) is 5.10 Å². The van der Waals surface area contributed by atoms with Crippen molar-refractivity contribution in [2.24, 2.45) is 0 Å². The number of furan rings is 1. The molecule has 0 unspecified atom stereocenters. The van der Waals surface area contributed by atoms with Gasteiger partial charge in [0.1, 0.15) is 17.4 Å². The van der Waals surface area contributed by atoms with Crippen LogP contribution in [-0.2, 0) is 17.9 Å². The number of thiazole rings is 1. The first-order valence-electron chi connectivity index (χ1n) is 8.01. The fourth-order valence-electron chi connectivity index (χ4n) is 2.42. The molecule has 0 atom stereocenters. The van der Waals surface area contributed by atoms with Gasteiger partial charge in [0.05, 0.1) is 12.2 Å². The summed E-state index contributed by atoms with van der Waals surface area (Å²) >= 11 is 1.52. The van der Waals surface area contributed by atoms with Crippen LogP contribution in [0.15, 0.2) is 70.7 Å². The summed E-state index contributed by atoms with van der Waals surface area (Å²) in [5, 5.41) is 6.89. The fraction of sp³-hybridized carbons (Fsp3) is 0.105. The summed E-state index contributed by atoms with van der Waals surface area (Å²) in [6.07, 6.45) is 3.52. The predicted octanol–water partition coefficient (Wildman–Crippen LogP) is 4.00. The molecule has 0 N–H and O–H groups in total. The molecule has 0 aliphatic rings. The van der Waals surface area contributed by atoms with Crippen molar-refractivity contribution in [3.05, 3.63) is 83.5 Å². The lowest BCUT2D eigenvalue weighted by molar-refractivity contribution is 0.0429. The number of aromatic nitrogens is 3. The Morgan fingerprint density at radius 1 is 1.15 bits per heavy atom. The number of rotatable bonds is 6. The van der Waals surface area contributed by atoms with Gasteiger partial charge in [0.25, 0.3) is 0 Å². The second-order valence-electron chi connectivity index (χ2n) is 5.56. The number of hydrogen-bond donors (Lipinski definition) is 0. The smallest absolute Gasteiger partial charge is 0.374 e. The zero-order valence-corrected chi connectivity index (χ0v) is 14.6. The Morgan fingerprint density at radius 2 is 2.04 bits per heavy atom. The zero-order valence-electron chi connectivity index (χ0n) is 13.7. The Morgan fingerprint density at radius 3 is 2.85 bits per heavy atom. The number of hydrogen-bond acceptors (Lipinski definition) is 6. The number of carbonyl (C=O) groups is 1. The molecule has 0 aliphatic heterocycles. The van der Waals surface area contributed by atoms with E-state index < -0.39 is 5.97 Å². The highest BCUT2D eigenvalue weighted by Gasteiger charge is 2.14. The molecule has 26 heavy (non-hydrogen) atoms. The molecule has 0 fully saturated rings. The summed E-state index contributed by atoms with van der Waals surface area (Å²) in [5.41, 5.74) is 1.76. The van der Waals surface area contributed by atoms with E-state index in [0.29, 0.717) is 18.0 Å². The average Bonchev–Trinajstić information content (AvgIpc) is 3.43. The third-order valence-electron chi connectivity index (χ3n) is 3.66. The molecule has 0 aliphatic carbocycles. The van der Waals surface area contributed by atoms with Crippen LogP contribution in [-0.4, -0.2) is 20.7 Å². The van der Waals surface area contributed by atoms with E-state index in [0.717, 1.165) is 10.6 Å². The molecule has 4 rings (SSSR count). The highest BCUT2D eigenvalue weighted by Crippen LogP contribution is 2.23. The second-order valence-corrected chi connectivity index (χ2v) is 6.41. The highest BCUT2D eigenvalue weighted by atomic mass is 32.1. The number of benzene rings is 1. The van der Waals surface area contributed by atoms with Crippen molar-refractivity contribution in [3.63, 3.8) is 0 Å². The summed E-state index contributed by atoms with van der Waals surface area (Å²) in [4.78, 5) is 16.6. The molecule has 7 heteroatoms. The first-order chi connectivity index (χ1) is 12.8. The van der Waals surface area contributed by atoms with Crippen LogP contribution in [0, 0.1) is 0 Å². The Hall–Kier alpha value is -3.19. The molecule has 3 heterocycles. The van der Waals surface area contributed by atoms with E-state index >= 15 is 0 Å². The van der Waals surface area contributed by atoms with Crippen molar-refractivity contribution < 1.29 is 13.9 Å². The third kappa shape index (κ3) is 3.73. The van der Waals surface area contributed by atoms with Crippen LogP contribution >= 0.6 is 11.3 Å². The number of nitrogens with zero attached hydrogens (tertiary/aromatic N) is 3. The molecule has 3 aromatic heterocycles. The molecule has 0 spiro atoms. The van der Waals surface area contributed by atoms with Gasteiger partial charge in [-0.3, -0.25) is 4.68 Å². The maximum atomic E-state index is 12.1.